The van der Waals surface area contributed by atoms with Crippen LogP contribution < -0.4 is 16.1 Å². The van der Waals surface area contributed by atoms with Crippen LogP contribution in [0.15, 0.2) is 40.1 Å². The molecular formula is C18H16ClFN4O3. The van der Waals surface area contributed by atoms with Crippen LogP contribution in [0.3, 0.4) is 0 Å². The summed E-state index contributed by atoms with van der Waals surface area (Å²) in [6.07, 6.45) is 1.29. The molecule has 2 aromatic heterocycles. The Bertz CT molecular complexity index is 1190. The van der Waals surface area contributed by atoms with Crippen molar-refractivity contribution >= 4 is 34.2 Å². The average molecular weight is 391 g/mol. The Balaban J connectivity index is 2.13. The number of hydrogen-bond acceptors (Lipinski definition) is 4. The first-order chi connectivity index (χ1) is 12.8. The third-order valence-corrected chi connectivity index (χ3v) is 4.62. The molecule has 1 aromatic carbocycles. The quantitative estimate of drug-likeness (QED) is 0.686. The molecule has 0 spiro atoms. The topological polar surface area (TPSA) is 77.2 Å². The molecule has 0 fully saturated rings. The second-order valence-corrected chi connectivity index (χ2v) is 6.36. The number of nitrogens with zero attached hydrogens (tertiary/aromatic N) is 4. The highest BCUT2D eigenvalue weighted by Crippen LogP contribution is 2.23. The summed E-state index contributed by atoms with van der Waals surface area (Å²) in [5, 5.41) is 0.0998. The highest BCUT2D eigenvalue weighted by Gasteiger charge is 2.20. The van der Waals surface area contributed by atoms with Gasteiger partial charge in [0.25, 0.3) is 11.5 Å². The van der Waals surface area contributed by atoms with E-state index in [0.29, 0.717) is 5.69 Å². The molecule has 140 valence electrons. The monoisotopic (exact) mass is 390 g/mol. The second-order valence-electron chi connectivity index (χ2n) is 5.95. The fourth-order valence-electron chi connectivity index (χ4n) is 2.83. The molecule has 0 aliphatic heterocycles. The fraction of sp³-hybridized carbons (Fsp3) is 0.222. The zero-order valence-corrected chi connectivity index (χ0v) is 15.6. The fourth-order valence-corrected chi connectivity index (χ4v) is 2.95. The van der Waals surface area contributed by atoms with Crippen molar-refractivity contribution in [1.29, 1.82) is 0 Å². The number of amides is 1. The summed E-state index contributed by atoms with van der Waals surface area (Å²) < 4.78 is 16.0. The van der Waals surface area contributed by atoms with Gasteiger partial charge >= 0.3 is 5.69 Å². The number of carbonyl (C=O) groups is 1. The lowest BCUT2D eigenvalue weighted by Gasteiger charge is -2.21. The van der Waals surface area contributed by atoms with Gasteiger partial charge in [0, 0.05) is 32.5 Å². The minimum absolute atomic E-state index is 0.0426. The largest absolute Gasteiger partial charge is 0.332 e. The van der Waals surface area contributed by atoms with Gasteiger partial charge in [0.1, 0.15) is 11.5 Å². The van der Waals surface area contributed by atoms with Gasteiger partial charge < -0.3 is 4.90 Å². The van der Waals surface area contributed by atoms with Crippen molar-refractivity contribution in [2.75, 3.05) is 11.4 Å². The molecule has 7 nitrogen and oxygen atoms in total. The van der Waals surface area contributed by atoms with Gasteiger partial charge in [-0.15, -0.1) is 0 Å². The first-order valence-corrected chi connectivity index (χ1v) is 8.46. The number of carbonyl (C=O) groups excluding carboxylic acids is 1. The molecular weight excluding hydrogens is 375 g/mol. The van der Waals surface area contributed by atoms with Crippen LogP contribution in [0.2, 0.25) is 5.02 Å². The molecule has 0 radical (unpaired) electrons. The van der Waals surface area contributed by atoms with Gasteiger partial charge in [0.15, 0.2) is 0 Å². The van der Waals surface area contributed by atoms with Crippen LogP contribution in [-0.2, 0) is 14.1 Å². The van der Waals surface area contributed by atoms with Crippen LogP contribution >= 0.6 is 11.6 Å². The minimum atomic E-state index is -0.638. The number of benzene rings is 1. The molecule has 27 heavy (non-hydrogen) atoms. The van der Waals surface area contributed by atoms with E-state index in [2.05, 4.69) is 4.98 Å². The van der Waals surface area contributed by atoms with Gasteiger partial charge in [-0.2, -0.15) is 0 Å². The van der Waals surface area contributed by atoms with Crippen LogP contribution in [-0.4, -0.2) is 26.6 Å². The van der Waals surface area contributed by atoms with Gasteiger partial charge in [-0.1, -0.05) is 11.6 Å². The summed E-state index contributed by atoms with van der Waals surface area (Å²) >= 11 is 5.70. The number of aryl methyl sites for hydroxylation is 1. The summed E-state index contributed by atoms with van der Waals surface area (Å²) in [6, 6.07) is 5.46. The van der Waals surface area contributed by atoms with Crippen molar-refractivity contribution in [3.63, 3.8) is 0 Å². The van der Waals surface area contributed by atoms with Gasteiger partial charge in [-0.25, -0.2) is 14.2 Å². The Morgan fingerprint density at radius 1 is 1.22 bits per heavy atom. The van der Waals surface area contributed by atoms with Crippen molar-refractivity contribution in [2.24, 2.45) is 14.1 Å². The van der Waals surface area contributed by atoms with E-state index < -0.39 is 23.0 Å². The van der Waals surface area contributed by atoms with Crippen LogP contribution in [0, 0.1) is 5.82 Å². The Kier molecular flexibility index (Phi) is 4.84. The lowest BCUT2D eigenvalue weighted by atomic mass is 10.2. The molecule has 0 N–H and O–H groups in total. The molecule has 0 aliphatic carbocycles. The maximum absolute atomic E-state index is 13.8. The van der Waals surface area contributed by atoms with Gasteiger partial charge in [-0.05, 0) is 31.2 Å². The zero-order chi connectivity index (χ0) is 19.9. The van der Waals surface area contributed by atoms with Crippen molar-refractivity contribution in [1.82, 2.24) is 14.1 Å². The highest BCUT2D eigenvalue weighted by atomic mass is 35.5. The molecule has 9 heteroatoms. The predicted octanol–water partition coefficient (Wildman–Crippen LogP) is 2.09. The van der Waals surface area contributed by atoms with E-state index in [1.54, 1.807) is 6.92 Å². The molecule has 0 atom stereocenters. The van der Waals surface area contributed by atoms with E-state index >= 15 is 0 Å². The average Bonchev–Trinajstić information content (AvgIpc) is 2.67. The number of aromatic nitrogens is 3. The molecule has 3 aromatic rings. The number of anilines is 1. The Labute approximate surface area is 158 Å². The number of rotatable bonds is 3. The maximum atomic E-state index is 13.8. The van der Waals surface area contributed by atoms with E-state index in [1.807, 2.05) is 0 Å². The summed E-state index contributed by atoms with van der Waals surface area (Å²) in [7, 11) is 2.85. The number of fused-ring (bicyclic) bond motifs is 1. The lowest BCUT2D eigenvalue weighted by molar-refractivity contribution is 0.0988. The van der Waals surface area contributed by atoms with Crippen LogP contribution in [0.25, 0.3) is 11.0 Å². The Morgan fingerprint density at radius 2 is 1.93 bits per heavy atom. The number of hydrogen-bond donors (Lipinski definition) is 0. The SMILES string of the molecule is CCN(C(=O)c1cnc2c(c1)c(=O)n(C)c(=O)n2C)c1ccc(Cl)c(F)c1. The molecule has 0 saturated carbocycles. The molecule has 0 aliphatic rings. The Morgan fingerprint density at radius 3 is 2.56 bits per heavy atom. The van der Waals surface area contributed by atoms with E-state index in [1.165, 1.54) is 54.0 Å². The van der Waals surface area contributed by atoms with Crippen molar-refractivity contribution in [2.45, 2.75) is 6.92 Å². The van der Waals surface area contributed by atoms with Gasteiger partial charge in [-0.3, -0.25) is 18.7 Å². The second kappa shape index (κ2) is 6.96. The standard InChI is InChI=1S/C18H16ClFN4O3/c1-4-24(11-5-6-13(19)14(20)8-11)16(25)10-7-12-15(21-9-10)22(2)18(27)23(3)17(12)26/h5-9H,4H2,1-3H3. The van der Waals surface area contributed by atoms with Crippen molar-refractivity contribution < 1.29 is 9.18 Å². The van der Waals surface area contributed by atoms with Crippen molar-refractivity contribution in [3.05, 3.63) is 67.7 Å². The van der Waals surface area contributed by atoms with E-state index in [-0.39, 0.29) is 28.2 Å². The van der Waals surface area contributed by atoms with E-state index in [0.717, 1.165) is 4.57 Å². The first kappa shape index (κ1) is 18.8. The molecule has 0 bridgehead atoms. The van der Waals surface area contributed by atoms with Gasteiger partial charge in [0.2, 0.25) is 0 Å². The highest BCUT2D eigenvalue weighted by molar-refractivity contribution is 6.30. The molecule has 0 saturated heterocycles. The molecule has 3 rings (SSSR count). The smallest absolute Gasteiger partial charge is 0.308 e. The number of pyridine rings is 1. The van der Waals surface area contributed by atoms with Crippen LogP contribution in [0.4, 0.5) is 10.1 Å². The summed E-state index contributed by atoms with van der Waals surface area (Å²) in [4.78, 5) is 42.7. The lowest BCUT2D eigenvalue weighted by Crippen LogP contribution is -2.37. The number of halogens is 2. The maximum Gasteiger partial charge on any atom is 0.332 e. The molecule has 1 amide bonds. The molecule has 2 heterocycles. The molecule has 0 unspecified atom stereocenters. The summed E-state index contributed by atoms with van der Waals surface area (Å²) in [5.74, 6) is -1.09. The van der Waals surface area contributed by atoms with Crippen LogP contribution in [0.1, 0.15) is 17.3 Å². The normalized spacial score (nSPS) is 11.0. The van der Waals surface area contributed by atoms with Gasteiger partial charge in [0.05, 0.1) is 16.0 Å². The summed E-state index contributed by atoms with van der Waals surface area (Å²) in [6.45, 7) is 2.00. The Hall–Kier alpha value is -3.00. The summed E-state index contributed by atoms with van der Waals surface area (Å²) in [5.41, 5.74) is -0.393. The zero-order valence-electron chi connectivity index (χ0n) is 14.9. The first-order valence-electron chi connectivity index (χ1n) is 8.09. The minimum Gasteiger partial charge on any atom is -0.308 e. The van der Waals surface area contributed by atoms with Crippen LogP contribution in [0.5, 0.6) is 0 Å². The third kappa shape index (κ3) is 3.12. The van der Waals surface area contributed by atoms with E-state index in [9.17, 15) is 18.8 Å². The van der Waals surface area contributed by atoms with E-state index in [4.69, 9.17) is 11.6 Å². The predicted molar refractivity (Wildman–Crippen MR) is 101 cm³/mol. The van der Waals surface area contributed by atoms with Crippen molar-refractivity contribution in [3.8, 4) is 0 Å². The third-order valence-electron chi connectivity index (χ3n) is 4.32.